The Balaban J connectivity index is 2.00. The molecule has 1 aromatic heterocycles. The van der Waals surface area contributed by atoms with Crippen LogP contribution < -0.4 is 0 Å². The molecule has 0 spiro atoms. The molecule has 0 amide bonds. The fourth-order valence-corrected chi connectivity index (χ4v) is 1.88. The fraction of sp³-hybridized carbons (Fsp3) is 0. The standard InChI is InChI=1S/C15H12N2O/c18-15-8-4-7-14(9-15)17-11-13(10-16-17)12-5-2-1-3-6-12/h1-11,18H. The molecule has 0 unspecified atom stereocenters. The zero-order valence-electron chi connectivity index (χ0n) is 9.69. The Morgan fingerprint density at radius 2 is 1.72 bits per heavy atom. The summed E-state index contributed by atoms with van der Waals surface area (Å²) >= 11 is 0. The van der Waals surface area contributed by atoms with E-state index in [1.54, 1.807) is 22.9 Å². The average molecular weight is 236 g/mol. The molecular formula is C15H12N2O. The van der Waals surface area contributed by atoms with Crippen LogP contribution in [0.4, 0.5) is 0 Å². The van der Waals surface area contributed by atoms with E-state index in [4.69, 9.17) is 0 Å². The van der Waals surface area contributed by atoms with Gasteiger partial charge in [-0.25, -0.2) is 4.68 Å². The Kier molecular flexibility index (Phi) is 2.57. The molecule has 3 rings (SSSR count). The zero-order valence-corrected chi connectivity index (χ0v) is 9.69. The van der Waals surface area contributed by atoms with Crippen LogP contribution in [0.3, 0.4) is 0 Å². The lowest BCUT2D eigenvalue weighted by Gasteiger charge is -2.01. The van der Waals surface area contributed by atoms with Gasteiger partial charge in [0.05, 0.1) is 11.9 Å². The molecule has 3 heteroatoms. The first kappa shape index (κ1) is 10.6. The number of hydrogen-bond acceptors (Lipinski definition) is 2. The molecular weight excluding hydrogens is 224 g/mol. The Morgan fingerprint density at radius 3 is 2.50 bits per heavy atom. The highest BCUT2D eigenvalue weighted by atomic mass is 16.3. The van der Waals surface area contributed by atoms with Crippen molar-refractivity contribution in [2.24, 2.45) is 0 Å². The van der Waals surface area contributed by atoms with Crippen LogP contribution in [0.1, 0.15) is 0 Å². The zero-order chi connectivity index (χ0) is 12.4. The molecule has 3 aromatic rings. The van der Waals surface area contributed by atoms with Gasteiger partial charge in [-0.15, -0.1) is 0 Å². The molecule has 88 valence electrons. The van der Waals surface area contributed by atoms with Gasteiger partial charge in [-0.1, -0.05) is 36.4 Å². The van der Waals surface area contributed by atoms with Crippen molar-refractivity contribution in [1.82, 2.24) is 9.78 Å². The van der Waals surface area contributed by atoms with Gasteiger partial charge in [0.1, 0.15) is 5.75 Å². The number of hydrogen-bond donors (Lipinski definition) is 1. The first-order valence-corrected chi connectivity index (χ1v) is 5.72. The molecule has 0 aliphatic rings. The van der Waals surface area contributed by atoms with Crippen LogP contribution in [0, 0.1) is 0 Å². The van der Waals surface area contributed by atoms with Crippen molar-refractivity contribution >= 4 is 0 Å². The summed E-state index contributed by atoms with van der Waals surface area (Å²) in [6.45, 7) is 0. The topological polar surface area (TPSA) is 38.0 Å². The van der Waals surface area contributed by atoms with Crippen LogP contribution in [-0.2, 0) is 0 Å². The maximum absolute atomic E-state index is 9.46. The van der Waals surface area contributed by atoms with E-state index in [2.05, 4.69) is 5.10 Å². The third kappa shape index (κ3) is 1.98. The minimum absolute atomic E-state index is 0.240. The van der Waals surface area contributed by atoms with Crippen LogP contribution in [0.15, 0.2) is 67.0 Å². The lowest BCUT2D eigenvalue weighted by atomic mass is 10.1. The second-order valence-electron chi connectivity index (χ2n) is 4.06. The molecule has 3 nitrogen and oxygen atoms in total. The van der Waals surface area contributed by atoms with Gasteiger partial charge in [-0.2, -0.15) is 5.10 Å². The smallest absolute Gasteiger partial charge is 0.117 e. The summed E-state index contributed by atoms with van der Waals surface area (Å²) in [6, 6.07) is 17.1. The van der Waals surface area contributed by atoms with Crippen LogP contribution in [0.5, 0.6) is 5.75 Å². The second-order valence-corrected chi connectivity index (χ2v) is 4.06. The van der Waals surface area contributed by atoms with Gasteiger partial charge in [0.2, 0.25) is 0 Å². The summed E-state index contributed by atoms with van der Waals surface area (Å²) in [4.78, 5) is 0. The van der Waals surface area contributed by atoms with E-state index in [0.717, 1.165) is 16.8 Å². The van der Waals surface area contributed by atoms with Crippen LogP contribution in [0.25, 0.3) is 16.8 Å². The molecule has 18 heavy (non-hydrogen) atoms. The summed E-state index contributed by atoms with van der Waals surface area (Å²) in [7, 11) is 0. The summed E-state index contributed by atoms with van der Waals surface area (Å²) < 4.78 is 1.75. The second kappa shape index (κ2) is 4.37. The summed E-state index contributed by atoms with van der Waals surface area (Å²) in [6.07, 6.45) is 3.77. The molecule has 0 saturated carbocycles. The number of phenols is 1. The van der Waals surface area contributed by atoms with Gasteiger partial charge in [0, 0.05) is 17.8 Å². The lowest BCUT2D eigenvalue weighted by molar-refractivity contribution is 0.475. The maximum atomic E-state index is 9.46. The van der Waals surface area contributed by atoms with Crippen molar-refractivity contribution in [3.63, 3.8) is 0 Å². The van der Waals surface area contributed by atoms with E-state index >= 15 is 0 Å². The first-order chi connectivity index (χ1) is 8.83. The number of benzene rings is 2. The minimum atomic E-state index is 0.240. The van der Waals surface area contributed by atoms with Crippen LogP contribution >= 0.6 is 0 Å². The van der Waals surface area contributed by atoms with E-state index in [-0.39, 0.29) is 5.75 Å². The van der Waals surface area contributed by atoms with Crippen molar-refractivity contribution in [3.8, 4) is 22.6 Å². The Morgan fingerprint density at radius 1 is 0.889 bits per heavy atom. The molecule has 0 bridgehead atoms. The molecule has 1 N–H and O–H groups in total. The molecule has 0 aliphatic carbocycles. The predicted octanol–water partition coefficient (Wildman–Crippen LogP) is 3.24. The molecule has 0 aliphatic heterocycles. The highest BCUT2D eigenvalue weighted by molar-refractivity contribution is 5.62. The number of phenolic OH excluding ortho intramolecular Hbond substituents is 1. The predicted molar refractivity (Wildman–Crippen MR) is 70.7 cm³/mol. The van der Waals surface area contributed by atoms with E-state index in [0.29, 0.717) is 0 Å². The fourth-order valence-electron chi connectivity index (χ4n) is 1.88. The summed E-state index contributed by atoms with van der Waals surface area (Å²) in [5, 5.41) is 13.8. The van der Waals surface area contributed by atoms with Gasteiger partial charge >= 0.3 is 0 Å². The van der Waals surface area contributed by atoms with Crippen molar-refractivity contribution in [2.45, 2.75) is 0 Å². The molecule has 0 atom stereocenters. The highest BCUT2D eigenvalue weighted by Crippen LogP contribution is 2.20. The molecule has 0 fully saturated rings. The SMILES string of the molecule is Oc1cccc(-n2cc(-c3ccccc3)cn2)c1. The lowest BCUT2D eigenvalue weighted by Crippen LogP contribution is -1.92. The third-order valence-electron chi connectivity index (χ3n) is 2.78. The largest absolute Gasteiger partial charge is 0.508 e. The number of nitrogens with zero attached hydrogens (tertiary/aromatic N) is 2. The average Bonchev–Trinajstić information content (AvgIpc) is 2.89. The summed E-state index contributed by atoms with van der Waals surface area (Å²) in [5.74, 6) is 0.240. The first-order valence-electron chi connectivity index (χ1n) is 5.72. The number of aromatic hydroxyl groups is 1. The van der Waals surface area contributed by atoms with Crippen molar-refractivity contribution in [1.29, 1.82) is 0 Å². The summed E-state index contributed by atoms with van der Waals surface area (Å²) in [5.41, 5.74) is 3.03. The Hall–Kier alpha value is -2.55. The number of rotatable bonds is 2. The normalized spacial score (nSPS) is 10.4. The molecule has 0 radical (unpaired) electrons. The minimum Gasteiger partial charge on any atom is -0.508 e. The van der Waals surface area contributed by atoms with Gasteiger partial charge in [0.25, 0.3) is 0 Å². The van der Waals surface area contributed by atoms with Crippen LogP contribution in [-0.4, -0.2) is 14.9 Å². The number of aromatic nitrogens is 2. The molecule has 0 saturated heterocycles. The Bertz CT molecular complexity index is 659. The van der Waals surface area contributed by atoms with E-state index in [1.807, 2.05) is 48.8 Å². The van der Waals surface area contributed by atoms with Gasteiger partial charge in [-0.05, 0) is 17.7 Å². The van der Waals surface area contributed by atoms with Gasteiger partial charge in [-0.3, -0.25) is 0 Å². The van der Waals surface area contributed by atoms with Crippen molar-refractivity contribution < 1.29 is 5.11 Å². The van der Waals surface area contributed by atoms with E-state index in [9.17, 15) is 5.11 Å². The third-order valence-corrected chi connectivity index (χ3v) is 2.78. The van der Waals surface area contributed by atoms with Crippen LogP contribution in [0.2, 0.25) is 0 Å². The van der Waals surface area contributed by atoms with Gasteiger partial charge in [0.15, 0.2) is 0 Å². The molecule has 2 aromatic carbocycles. The highest BCUT2D eigenvalue weighted by Gasteiger charge is 2.03. The molecule has 1 heterocycles. The van der Waals surface area contributed by atoms with Crippen molar-refractivity contribution in [3.05, 3.63) is 67.0 Å². The van der Waals surface area contributed by atoms with Crippen molar-refractivity contribution in [2.75, 3.05) is 0 Å². The monoisotopic (exact) mass is 236 g/mol. The Labute approximate surface area is 105 Å². The maximum Gasteiger partial charge on any atom is 0.117 e. The van der Waals surface area contributed by atoms with Gasteiger partial charge < -0.3 is 5.11 Å². The van der Waals surface area contributed by atoms with E-state index in [1.165, 1.54) is 0 Å². The van der Waals surface area contributed by atoms with E-state index < -0.39 is 0 Å². The quantitative estimate of drug-likeness (QED) is 0.741.